The Hall–Kier alpha value is -1.20. The van der Waals surface area contributed by atoms with Crippen LogP contribution in [0.25, 0.3) is 0 Å². The molecular formula is C19H25ClN2OS. The molecule has 5 heteroatoms. The Morgan fingerprint density at radius 3 is 2.17 bits per heavy atom. The summed E-state index contributed by atoms with van der Waals surface area (Å²) in [6, 6.07) is 17.6. The summed E-state index contributed by atoms with van der Waals surface area (Å²) in [5.74, 6) is 0.753. The zero-order chi connectivity index (χ0) is 14.9. The van der Waals surface area contributed by atoms with Crippen LogP contribution in [0, 0.1) is 5.92 Å². The van der Waals surface area contributed by atoms with E-state index in [1.165, 1.54) is 47.1 Å². The molecule has 2 aliphatic rings. The minimum atomic E-state index is 0. The smallest absolute Gasteiger partial charge is 0.0552 e. The van der Waals surface area contributed by atoms with Gasteiger partial charge < -0.3 is 15.3 Å². The van der Waals surface area contributed by atoms with Gasteiger partial charge in [-0.25, -0.2) is 0 Å². The van der Waals surface area contributed by atoms with Crippen LogP contribution in [0.5, 0.6) is 0 Å². The van der Waals surface area contributed by atoms with Gasteiger partial charge in [0, 0.05) is 22.9 Å². The molecule has 2 N–H and O–H groups in total. The van der Waals surface area contributed by atoms with Crippen molar-refractivity contribution < 1.29 is 5.48 Å². The largest absolute Gasteiger partial charge is 0.412 e. The molecular weight excluding hydrogens is 340 g/mol. The van der Waals surface area contributed by atoms with Crippen molar-refractivity contribution in [3.63, 3.8) is 0 Å². The van der Waals surface area contributed by atoms with Gasteiger partial charge in [-0.1, -0.05) is 36.0 Å². The van der Waals surface area contributed by atoms with Crippen LogP contribution < -0.4 is 4.90 Å². The summed E-state index contributed by atoms with van der Waals surface area (Å²) in [5.41, 5.74) is 2.75. The second-order valence-electron chi connectivity index (χ2n) is 6.42. The minimum Gasteiger partial charge on any atom is -0.412 e. The molecule has 0 bridgehead atoms. The van der Waals surface area contributed by atoms with E-state index in [9.17, 15) is 0 Å². The molecule has 0 aliphatic carbocycles. The first-order valence-electron chi connectivity index (χ1n) is 8.13. The average molecular weight is 365 g/mol. The summed E-state index contributed by atoms with van der Waals surface area (Å²) < 4.78 is 0. The molecule has 2 aromatic carbocycles. The second kappa shape index (κ2) is 8.26. The predicted molar refractivity (Wildman–Crippen MR) is 105 cm³/mol. The molecule has 3 nitrogen and oxygen atoms in total. The lowest BCUT2D eigenvalue weighted by Crippen LogP contribution is -2.38. The first-order chi connectivity index (χ1) is 10.8. The topological polar surface area (TPSA) is 38.0 Å². The molecule has 0 spiro atoms. The summed E-state index contributed by atoms with van der Waals surface area (Å²) >= 11 is 1.90. The quantitative estimate of drug-likeness (QED) is 0.800. The van der Waals surface area contributed by atoms with Gasteiger partial charge in [-0.15, -0.1) is 12.4 Å². The Labute approximate surface area is 154 Å². The Morgan fingerprint density at radius 2 is 1.58 bits per heavy atom. The minimum absolute atomic E-state index is 0. The highest BCUT2D eigenvalue weighted by atomic mass is 35.5. The fourth-order valence-corrected chi connectivity index (χ4v) is 4.75. The number of halogens is 1. The molecule has 1 unspecified atom stereocenters. The normalized spacial score (nSPS) is 19.5. The standard InChI is InChI=1S/C19H22N2S.ClH.H2O/c1-20-12-6-7-15(13-20)14-21-16-8-2-4-10-18(16)22-19-11-5-3-9-17(19)21;;/h2-5,8-11,15H,6-7,12-14H2,1H3;1H;1H2. The van der Waals surface area contributed by atoms with Gasteiger partial charge in [0.15, 0.2) is 0 Å². The molecule has 2 heterocycles. The molecule has 2 aromatic rings. The number of anilines is 2. The molecule has 130 valence electrons. The number of fused-ring (bicyclic) bond motifs is 2. The molecule has 0 radical (unpaired) electrons. The van der Waals surface area contributed by atoms with Gasteiger partial charge in [0.2, 0.25) is 0 Å². The summed E-state index contributed by atoms with van der Waals surface area (Å²) in [6.45, 7) is 3.59. The van der Waals surface area contributed by atoms with Crippen LogP contribution in [0.2, 0.25) is 0 Å². The van der Waals surface area contributed by atoms with Crippen molar-refractivity contribution in [3.8, 4) is 0 Å². The van der Waals surface area contributed by atoms with Crippen LogP contribution in [0.4, 0.5) is 11.4 Å². The molecule has 2 aliphatic heterocycles. The third-order valence-corrected chi connectivity index (χ3v) is 5.83. The second-order valence-corrected chi connectivity index (χ2v) is 7.50. The van der Waals surface area contributed by atoms with E-state index in [4.69, 9.17) is 0 Å². The van der Waals surface area contributed by atoms with Crippen LogP contribution >= 0.6 is 24.2 Å². The number of hydrogen-bond acceptors (Lipinski definition) is 3. The number of nitrogens with zero attached hydrogens (tertiary/aromatic N) is 2. The van der Waals surface area contributed by atoms with E-state index >= 15 is 0 Å². The van der Waals surface area contributed by atoms with Crippen molar-refractivity contribution in [1.29, 1.82) is 0 Å². The van der Waals surface area contributed by atoms with E-state index in [1.54, 1.807) is 0 Å². The zero-order valence-corrected chi connectivity index (χ0v) is 15.6. The maximum absolute atomic E-state index is 2.55. The summed E-state index contributed by atoms with van der Waals surface area (Å²) in [4.78, 5) is 7.78. The lowest BCUT2D eigenvalue weighted by atomic mass is 9.97. The molecule has 24 heavy (non-hydrogen) atoms. The number of piperidine rings is 1. The fraction of sp³-hybridized carbons (Fsp3) is 0.368. The number of benzene rings is 2. The van der Waals surface area contributed by atoms with Gasteiger partial charge in [0.05, 0.1) is 11.4 Å². The SMILES string of the molecule is CN1CCCC(CN2c3ccccc3Sc3ccccc32)C1.Cl.O. The molecule has 1 atom stereocenters. The highest BCUT2D eigenvalue weighted by Crippen LogP contribution is 2.48. The monoisotopic (exact) mass is 364 g/mol. The molecule has 0 saturated carbocycles. The van der Waals surface area contributed by atoms with Crippen LogP contribution in [0.15, 0.2) is 58.3 Å². The first kappa shape index (κ1) is 19.1. The number of likely N-dealkylation sites (tertiary alicyclic amines) is 1. The Kier molecular flexibility index (Phi) is 6.58. The van der Waals surface area contributed by atoms with Gasteiger partial charge in [0.25, 0.3) is 0 Å². The highest BCUT2D eigenvalue weighted by molar-refractivity contribution is 7.99. The molecule has 0 amide bonds. The van der Waals surface area contributed by atoms with E-state index < -0.39 is 0 Å². The van der Waals surface area contributed by atoms with Crippen LogP contribution in [0.1, 0.15) is 12.8 Å². The summed E-state index contributed by atoms with van der Waals surface area (Å²) in [5, 5.41) is 0. The maximum Gasteiger partial charge on any atom is 0.0552 e. The van der Waals surface area contributed by atoms with Crippen LogP contribution in [-0.4, -0.2) is 37.1 Å². The highest BCUT2D eigenvalue weighted by Gasteiger charge is 2.26. The number of para-hydroxylation sites is 2. The van der Waals surface area contributed by atoms with E-state index in [1.807, 2.05) is 11.8 Å². The van der Waals surface area contributed by atoms with Crippen molar-refractivity contribution in [2.45, 2.75) is 22.6 Å². The maximum atomic E-state index is 2.55. The molecule has 4 rings (SSSR count). The van der Waals surface area contributed by atoms with Crippen molar-refractivity contribution in [1.82, 2.24) is 4.90 Å². The summed E-state index contributed by atoms with van der Waals surface area (Å²) in [6.07, 6.45) is 2.67. The average Bonchev–Trinajstić information content (AvgIpc) is 2.55. The predicted octanol–water partition coefficient (Wildman–Crippen LogP) is 4.23. The third kappa shape index (κ3) is 3.72. The number of hydrogen-bond donors (Lipinski definition) is 0. The molecule has 1 fully saturated rings. The van der Waals surface area contributed by atoms with Gasteiger partial charge in [-0.2, -0.15) is 0 Å². The van der Waals surface area contributed by atoms with E-state index in [-0.39, 0.29) is 17.9 Å². The zero-order valence-electron chi connectivity index (χ0n) is 13.9. The number of rotatable bonds is 2. The van der Waals surface area contributed by atoms with Crippen molar-refractivity contribution in [2.75, 3.05) is 31.6 Å². The van der Waals surface area contributed by atoms with E-state index in [2.05, 4.69) is 65.4 Å². The Bertz CT molecular complexity index is 636. The van der Waals surface area contributed by atoms with E-state index in [0.717, 1.165) is 12.5 Å². The molecule has 1 saturated heterocycles. The summed E-state index contributed by atoms with van der Waals surface area (Å²) in [7, 11) is 2.25. The van der Waals surface area contributed by atoms with Gasteiger partial charge in [-0.3, -0.25) is 0 Å². The Morgan fingerprint density at radius 1 is 1.00 bits per heavy atom. The Balaban J connectivity index is 0.00000104. The van der Waals surface area contributed by atoms with Gasteiger partial charge >= 0.3 is 0 Å². The van der Waals surface area contributed by atoms with Crippen molar-refractivity contribution in [2.24, 2.45) is 5.92 Å². The van der Waals surface area contributed by atoms with Crippen LogP contribution in [0.3, 0.4) is 0 Å². The first-order valence-corrected chi connectivity index (χ1v) is 8.95. The lowest BCUT2D eigenvalue weighted by Gasteiger charge is -2.38. The molecule has 0 aromatic heterocycles. The van der Waals surface area contributed by atoms with Gasteiger partial charge in [0.1, 0.15) is 0 Å². The van der Waals surface area contributed by atoms with Gasteiger partial charge in [-0.05, 0) is 56.6 Å². The van der Waals surface area contributed by atoms with Crippen molar-refractivity contribution >= 4 is 35.5 Å². The fourth-order valence-electron chi connectivity index (χ4n) is 3.66. The lowest BCUT2D eigenvalue weighted by molar-refractivity contribution is 0.214. The van der Waals surface area contributed by atoms with Crippen molar-refractivity contribution in [3.05, 3.63) is 48.5 Å². The third-order valence-electron chi connectivity index (χ3n) is 4.69. The van der Waals surface area contributed by atoms with Crippen LogP contribution in [-0.2, 0) is 0 Å². The van der Waals surface area contributed by atoms with E-state index in [0.29, 0.717) is 0 Å².